The molecule has 0 atom stereocenters. The molecule has 6 heteroatoms. The smallest absolute Gasteiger partial charge is 0.278 e. The number of rotatable bonds is 4. The molecular formula is C16H19N3O3. The van der Waals surface area contributed by atoms with E-state index < -0.39 is 0 Å². The van der Waals surface area contributed by atoms with Gasteiger partial charge in [0.05, 0.1) is 16.4 Å². The van der Waals surface area contributed by atoms with Crippen LogP contribution in [0, 0.1) is 10.1 Å². The molecule has 1 aliphatic rings. The van der Waals surface area contributed by atoms with E-state index in [0.717, 1.165) is 43.6 Å². The largest absolute Gasteiger partial charge is 0.378 e. The molecule has 3 rings (SSSR count). The maximum absolute atomic E-state index is 11.2. The SMILES string of the molecule is CCOC1CCN(c2ccc([N+](=O)[O-])c3cnccc23)CC1. The highest BCUT2D eigenvalue weighted by atomic mass is 16.6. The lowest BCUT2D eigenvalue weighted by atomic mass is 10.0. The predicted octanol–water partition coefficient (Wildman–Crippen LogP) is 3.15. The summed E-state index contributed by atoms with van der Waals surface area (Å²) in [5.74, 6) is 0. The van der Waals surface area contributed by atoms with Gasteiger partial charge in [-0.3, -0.25) is 15.1 Å². The zero-order chi connectivity index (χ0) is 15.5. The molecule has 6 nitrogen and oxygen atoms in total. The molecule has 1 aliphatic heterocycles. The van der Waals surface area contributed by atoms with Gasteiger partial charge in [-0.25, -0.2) is 0 Å². The first kappa shape index (κ1) is 14.7. The Bertz CT molecular complexity index is 681. The van der Waals surface area contributed by atoms with E-state index in [2.05, 4.69) is 9.88 Å². The Kier molecular flexibility index (Phi) is 4.20. The first-order valence-electron chi connectivity index (χ1n) is 7.58. The second-order valence-electron chi connectivity index (χ2n) is 5.42. The third-order valence-corrected chi connectivity index (χ3v) is 4.15. The number of nitrogens with zero attached hydrogens (tertiary/aromatic N) is 3. The Balaban J connectivity index is 1.92. The molecule has 0 radical (unpaired) electrons. The van der Waals surface area contributed by atoms with Gasteiger partial charge < -0.3 is 9.64 Å². The Morgan fingerprint density at radius 1 is 1.32 bits per heavy atom. The van der Waals surface area contributed by atoms with E-state index in [4.69, 9.17) is 4.74 Å². The lowest BCUT2D eigenvalue weighted by molar-refractivity contribution is -0.383. The minimum atomic E-state index is -0.352. The van der Waals surface area contributed by atoms with Crippen LogP contribution in [0.3, 0.4) is 0 Å². The van der Waals surface area contributed by atoms with Crippen molar-refractivity contribution >= 4 is 22.1 Å². The first-order valence-corrected chi connectivity index (χ1v) is 7.58. The zero-order valence-corrected chi connectivity index (χ0v) is 12.6. The van der Waals surface area contributed by atoms with Gasteiger partial charge in [-0.15, -0.1) is 0 Å². The van der Waals surface area contributed by atoms with Crippen LogP contribution in [0.25, 0.3) is 10.8 Å². The summed E-state index contributed by atoms with van der Waals surface area (Å²) < 4.78 is 5.68. The highest BCUT2D eigenvalue weighted by Crippen LogP contribution is 2.34. The third kappa shape index (κ3) is 2.74. The molecule has 0 aliphatic carbocycles. The minimum Gasteiger partial charge on any atom is -0.378 e. The summed E-state index contributed by atoms with van der Waals surface area (Å²) >= 11 is 0. The number of non-ortho nitro benzene ring substituents is 1. The number of hydrogen-bond acceptors (Lipinski definition) is 5. The fourth-order valence-corrected chi connectivity index (χ4v) is 3.09. The average molecular weight is 301 g/mol. The number of hydrogen-bond donors (Lipinski definition) is 0. The molecule has 0 saturated carbocycles. The van der Waals surface area contributed by atoms with Crippen LogP contribution in [0.4, 0.5) is 11.4 Å². The van der Waals surface area contributed by atoms with Crippen molar-refractivity contribution in [2.45, 2.75) is 25.9 Å². The molecule has 2 aromatic rings. The van der Waals surface area contributed by atoms with Crippen LogP contribution in [0.5, 0.6) is 0 Å². The fourth-order valence-electron chi connectivity index (χ4n) is 3.09. The molecule has 1 aromatic heterocycles. The topological polar surface area (TPSA) is 68.5 Å². The molecule has 0 spiro atoms. The quantitative estimate of drug-likeness (QED) is 0.641. The van der Waals surface area contributed by atoms with Crippen molar-refractivity contribution < 1.29 is 9.66 Å². The van der Waals surface area contributed by atoms with Crippen molar-refractivity contribution in [1.82, 2.24) is 4.98 Å². The van der Waals surface area contributed by atoms with Gasteiger partial charge in [0, 0.05) is 49.2 Å². The van der Waals surface area contributed by atoms with Crippen molar-refractivity contribution in [3.05, 3.63) is 40.7 Å². The van der Waals surface area contributed by atoms with E-state index in [9.17, 15) is 10.1 Å². The van der Waals surface area contributed by atoms with Crippen LogP contribution < -0.4 is 4.90 Å². The first-order chi connectivity index (χ1) is 10.7. The highest BCUT2D eigenvalue weighted by Gasteiger charge is 2.22. The molecule has 1 aromatic carbocycles. The van der Waals surface area contributed by atoms with Crippen molar-refractivity contribution in [2.24, 2.45) is 0 Å². The molecule has 2 heterocycles. The van der Waals surface area contributed by atoms with Gasteiger partial charge in [0.2, 0.25) is 0 Å². The Morgan fingerprint density at radius 3 is 2.77 bits per heavy atom. The van der Waals surface area contributed by atoms with E-state index in [1.54, 1.807) is 18.5 Å². The van der Waals surface area contributed by atoms with Gasteiger partial charge in [0.25, 0.3) is 5.69 Å². The number of ether oxygens (including phenoxy) is 1. The van der Waals surface area contributed by atoms with Gasteiger partial charge in [-0.2, -0.15) is 0 Å². The maximum Gasteiger partial charge on any atom is 0.278 e. The monoisotopic (exact) mass is 301 g/mol. The van der Waals surface area contributed by atoms with E-state index in [-0.39, 0.29) is 10.6 Å². The minimum absolute atomic E-state index is 0.107. The van der Waals surface area contributed by atoms with E-state index in [1.165, 1.54) is 0 Å². The summed E-state index contributed by atoms with van der Waals surface area (Å²) in [6, 6.07) is 5.28. The van der Waals surface area contributed by atoms with Crippen molar-refractivity contribution in [3.63, 3.8) is 0 Å². The van der Waals surface area contributed by atoms with Gasteiger partial charge in [-0.05, 0) is 31.9 Å². The van der Waals surface area contributed by atoms with Gasteiger partial charge >= 0.3 is 0 Å². The van der Waals surface area contributed by atoms with Crippen LogP contribution in [0.1, 0.15) is 19.8 Å². The average Bonchev–Trinajstić information content (AvgIpc) is 2.55. The van der Waals surface area contributed by atoms with Crippen molar-refractivity contribution in [3.8, 4) is 0 Å². The predicted molar refractivity (Wildman–Crippen MR) is 85.3 cm³/mol. The molecule has 0 N–H and O–H groups in total. The summed E-state index contributed by atoms with van der Waals surface area (Å²) in [6.45, 7) is 4.57. The molecule has 1 fully saturated rings. The van der Waals surface area contributed by atoms with E-state index in [0.29, 0.717) is 11.5 Å². The zero-order valence-electron chi connectivity index (χ0n) is 12.6. The number of anilines is 1. The number of nitro benzene ring substituents is 1. The Hall–Kier alpha value is -2.21. The van der Waals surface area contributed by atoms with Gasteiger partial charge in [0.1, 0.15) is 0 Å². The molecule has 22 heavy (non-hydrogen) atoms. The number of benzene rings is 1. The second-order valence-corrected chi connectivity index (χ2v) is 5.42. The number of pyridine rings is 1. The Labute approximate surface area is 128 Å². The number of nitro groups is 1. The Morgan fingerprint density at radius 2 is 2.09 bits per heavy atom. The lowest BCUT2D eigenvalue weighted by Gasteiger charge is -2.34. The van der Waals surface area contributed by atoms with Gasteiger partial charge in [0.15, 0.2) is 0 Å². The summed E-state index contributed by atoms with van der Waals surface area (Å²) in [4.78, 5) is 17.1. The molecule has 0 unspecified atom stereocenters. The second kappa shape index (κ2) is 6.27. The fraction of sp³-hybridized carbons (Fsp3) is 0.438. The standard InChI is InChI=1S/C16H19N3O3/c1-2-22-12-6-9-18(10-7-12)15-3-4-16(19(20)21)14-11-17-8-5-13(14)15/h3-5,8,11-12H,2,6-7,9-10H2,1H3. The summed E-state index contributed by atoms with van der Waals surface area (Å²) in [5.41, 5.74) is 1.15. The maximum atomic E-state index is 11.2. The molecule has 1 saturated heterocycles. The van der Waals surface area contributed by atoms with Crippen LogP contribution in [-0.2, 0) is 4.74 Å². The molecule has 0 bridgehead atoms. The van der Waals surface area contributed by atoms with Crippen molar-refractivity contribution in [2.75, 3.05) is 24.6 Å². The molecule has 0 amide bonds. The van der Waals surface area contributed by atoms with Crippen LogP contribution >= 0.6 is 0 Å². The molecular weight excluding hydrogens is 282 g/mol. The van der Waals surface area contributed by atoms with Crippen LogP contribution in [0.15, 0.2) is 30.6 Å². The third-order valence-electron chi connectivity index (χ3n) is 4.15. The van der Waals surface area contributed by atoms with Crippen molar-refractivity contribution in [1.29, 1.82) is 0 Å². The van der Waals surface area contributed by atoms with E-state index >= 15 is 0 Å². The summed E-state index contributed by atoms with van der Waals surface area (Å²) in [6.07, 6.45) is 5.55. The summed E-state index contributed by atoms with van der Waals surface area (Å²) in [5, 5.41) is 12.6. The molecule has 116 valence electrons. The highest BCUT2D eigenvalue weighted by molar-refractivity contribution is 5.99. The normalized spacial score (nSPS) is 16.1. The van der Waals surface area contributed by atoms with Gasteiger partial charge in [-0.1, -0.05) is 0 Å². The number of aromatic nitrogens is 1. The van der Waals surface area contributed by atoms with E-state index in [1.807, 2.05) is 19.1 Å². The number of fused-ring (bicyclic) bond motifs is 1. The van der Waals surface area contributed by atoms with Crippen LogP contribution in [0.2, 0.25) is 0 Å². The lowest BCUT2D eigenvalue weighted by Crippen LogP contribution is -2.37. The number of piperidine rings is 1. The van der Waals surface area contributed by atoms with Crippen LogP contribution in [-0.4, -0.2) is 35.7 Å². The summed E-state index contributed by atoms with van der Waals surface area (Å²) in [7, 11) is 0.